The van der Waals surface area contributed by atoms with Crippen molar-refractivity contribution in [2.24, 2.45) is 0 Å². The van der Waals surface area contributed by atoms with Crippen LogP contribution in [-0.4, -0.2) is 31.9 Å². The van der Waals surface area contributed by atoms with Gasteiger partial charge in [0.2, 0.25) is 10.0 Å². The van der Waals surface area contributed by atoms with Gasteiger partial charge in [-0.15, -0.1) is 0 Å². The predicted octanol–water partition coefficient (Wildman–Crippen LogP) is 2.35. The van der Waals surface area contributed by atoms with Crippen LogP contribution >= 0.6 is 0 Å². The third-order valence-electron chi connectivity index (χ3n) is 3.03. The van der Waals surface area contributed by atoms with Crippen molar-refractivity contribution < 1.29 is 12.8 Å². The lowest BCUT2D eigenvalue weighted by molar-refractivity contribution is 0.439. The molecule has 1 rings (SSSR count). The lowest BCUT2D eigenvalue weighted by atomic mass is 10.2. The molecule has 0 radical (unpaired) electrons. The van der Waals surface area contributed by atoms with E-state index in [4.69, 9.17) is 0 Å². The van der Waals surface area contributed by atoms with Crippen molar-refractivity contribution in [1.82, 2.24) is 9.62 Å². The van der Waals surface area contributed by atoms with Gasteiger partial charge in [-0.2, -0.15) is 4.31 Å². The first-order valence-electron chi connectivity index (χ1n) is 6.84. The topological polar surface area (TPSA) is 49.4 Å². The third-order valence-corrected chi connectivity index (χ3v) is 5.10. The van der Waals surface area contributed by atoms with Crippen LogP contribution in [0.15, 0.2) is 23.1 Å². The molecule has 1 aromatic carbocycles. The monoisotopic (exact) mass is 302 g/mol. The van der Waals surface area contributed by atoms with E-state index in [1.807, 2.05) is 13.8 Å². The Labute approximate surface area is 121 Å². The molecule has 0 spiro atoms. The van der Waals surface area contributed by atoms with Gasteiger partial charge in [-0.3, -0.25) is 0 Å². The molecule has 6 heteroatoms. The van der Waals surface area contributed by atoms with Crippen LogP contribution in [0.25, 0.3) is 0 Å². The van der Waals surface area contributed by atoms with Crippen molar-refractivity contribution in [3.63, 3.8) is 0 Å². The number of hydrogen-bond acceptors (Lipinski definition) is 3. The molecule has 114 valence electrons. The van der Waals surface area contributed by atoms with Crippen LogP contribution in [0.5, 0.6) is 0 Å². The smallest absolute Gasteiger partial charge is 0.245 e. The summed E-state index contributed by atoms with van der Waals surface area (Å²) in [5.74, 6) is -0.704. The molecule has 0 aliphatic heterocycles. The molecule has 0 aromatic heterocycles. The van der Waals surface area contributed by atoms with E-state index < -0.39 is 15.8 Å². The highest BCUT2D eigenvalue weighted by atomic mass is 32.2. The second-order valence-corrected chi connectivity index (χ2v) is 6.80. The maximum atomic E-state index is 13.9. The first-order valence-corrected chi connectivity index (χ1v) is 8.28. The van der Waals surface area contributed by atoms with Gasteiger partial charge in [-0.1, -0.05) is 33.8 Å². The number of nitrogens with one attached hydrogen (secondary N) is 1. The highest BCUT2D eigenvalue weighted by Crippen LogP contribution is 2.20. The number of sulfonamides is 1. The zero-order valence-corrected chi connectivity index (χ0v) is 13.3. The quantitative estimate of drug-likeness (QED) is 0.841. The van der Waals surface area contributed by atoms with E-state index in [9.17, 15) is 12.8 Å². The molecule has 20 heavy (non-hydrogen) atoms. The molecule has 0 bridgehead atoms. The molecular formula is C14H23FN2O2S. The van der Waals surface area contributed by atoms with Gasteiger partial charge in [0.1, 0.15) is 10.7 Å². The summed E-state index contributed by atoms with van der Waals surface area (Å²) in [7, 11) is -3.76. The summed E-state index contributed by atoms with van der Waals surface area (Å²) in [5, 5.41) is 3.19. The Kier molecular flexibility index (Phi) is 6.10. The lowest BCUT2D eigenvalue weighted by Gasteiger charge is -2.19. The van der Waals surface area contributed by atoms with Crippen molar-refractivity contribution in [3.8, 4) is 0 Å². The van der Waals surface area contributed by atoms with Crippen LogP contribution in [0.1, 0.15) is 33.3 Å². The highest BCUT2D eigenvalue weighted by molar-refractivity contribution is 7.89. The van der Waals surface area contributed by atoms with Crippen LogP contribution in [0, 0.1) is 5.82 Å². The Morgan fingerprint density at radius 3 is 2.35 bits per heavy atom. The first-order chi connectivity index (χ1) is 9.32. The van der Waals surface area contributed by atoms with Gasteiger partial charge in [0, 0.05) is 25.7 Å². The third kappa shape index (κ3) is 4.01. The Balaban J connectivity index is 3.14. The largest absolute Gasteiger partial charge is 0.310 e. The van der Waals surface area contributed by atoms with Gasteiger partial charge in [0.15, 0.2) is 0 Å². The molecule has 0 heterocycles. The fourth-order valence-electron chi connectivity index (χ4n) is 1.88. The number of rotatable bonds is 7. The minimum atomic E-state index is -3.76. The second-order valence-electron chi connectivity index (χ2n) is 4.89. The molecule has 0 saturated carbocycles. The van der Waals surface area contributed by atoms with E-state index in [0.29, 0.717) is 19.6 Å². The number of halogens is 1. The molecule has 0 unspecified atom stereocenters. The van der Waals surface area contributed by atoms with Gasteiger partial charge in [0.25, 0.3) is 0 Å². The summed E-state index contributed by atoms with van der Waals surface area (Å²) >= 11 is 0. The molecule has 1 N–H and O–H groups in total. The van der Waals surface area contributed by atoms with Gasteiger partial charge in [-0.05, 0) is 17.7 Å². The summed E-state index contributed by atoms with van der Waals surface area (Å²) < 4.78 is 39.9. The van der Waals surface area contributed by atoms with Crippen molar-refractivity contribution in [3.05, 3.63) is 29.6 Å². The second kappa shape index (κ2) is 7.15. The molecule has 1 aromatic rings. The van der Waals surface area contributed by atoms with Crippen molar-refractivity contribution in [2.45, 2.75) is 45.2 Å². The predicted molar refractivity (Wildman–Crippen MR) is 78.5 cm³/mol. The fraction of sp³-hybridized carbons (Fsp3) is 0.571. The number of hydrogen-bond donors (Lipinski definition) is 1. The maximum absolute atomic E-state index is 13.9. The average Bonchev–Trinajstić information content (AvgIpc) is 2.38. The molecule has 4 nitrogen and oxygen atoms in total. The summed E-state index contributed by atoms with van der Waals surface area (Å²) in [6.07, 6.45) is 0. The summed E-state index contributed by atoms with van der Waals surface area (Å²) in [6, 6.07) is 4.51. The van der Waals surface area contributed by atoms with Gasteiger partial charge < -0.3 is 5.32 Å². The summed E-state index contributed by atoms with van der Waals surface area (Å²) in [5.41, 5.74) is 0.755. The minimum Gasteiger partial charge on any atom is -0.310 e. The van der Waals surface area contributed by atoms with Crippen molar-refractivity contribution in [2.75, 3.05) is 13.1 Å². The molecule has 0 amide bonds. The Morgan fingerprint density at radius 2 is 1.85 bits per heavy atom. The molecule has 0 saturated heterocycles. The van der Waals surface area contributed by atoms with Crippen LogP contribution in [0.2, 0.25) is 0 Å². The molecule has 0 atom stereocenters. The van der Waals surface area contributed by atoms with Crippen LogP contribution < -0.4 is 5.32 Å². The van der Waals surface area contributed by atoms with E-state index in [1.165, 1.54) is 16.4 Å². The van der Waals surface area contributed by atoms with Crippen molar-refractivity contribution in [1.29, 1.82) is 0 Å². The van der Waals surface area contributed by atoms with E-state index in [0.717, 1.165) is 5.56 Å². The SMILES string of the molecule is CCN(CC)S(=O)(=O)c1cc(CNC(C)C)ccc1F. The number of benzene rings is 1. The molecule has 0 aliphatic rings. The normalized spacial score (nSPS) is 12.3. The fourth-order valence-corrected chi connectivity index (χ4v) is 3.45. The zero-order valence-electron chi connectivity index (χ0n) is 12.5. The van der Waals surface area contributed by atoms with Crippen LogP contribution in [-0.2, 0) is 16.6 Å². The standard InChI is InChI=1S/C14H23FN2O2S/c1-5-17(6-2)20(18,19)14-9-12(7-8-13(14)15)10-16-11(3)4/h7-9,11,16H,5-6,10H2,1-4H3. The minimum absolute atomic E-state index is 0.246. The van der Waals surface area contributed by atoms with Crippen molar-refractivity contribution >= 4 is 10.0 Å². The highest BCUT2D eigenvalue weighted by Gasteiger charge is 2.25. The maximum Gasteiger partial charge on any atom is 0.245 e. The van der Waals surface area contributed by atoms with E-state index in [-0.39, 0.29) is 10.9 Å². The Bertz CT molecular complexity index is 540. The van der Waals surface area contributed by atoms with Gasteiger partial charge in [0.05, 0.1) is 0 Å². The van der Waals surface area contributed by atoms with E-state index >= 15 is 0 Å². The number of nitrogens with zero attached hydrogens (tertiary/aromatic N) is 1. The van der Waals surface area contributed by atoms with Crippen LogP contribution in [0.4, 0.5) is 4.39 Å². The average molecular weight is 302 g/mol. The zero-order chi connectivity index (χ0) is 15.3. The molecule has 0 aliphatic carbocycles. The Morgan fingerprint density at radius 1 is 1.25 bits per heavy atom. The summed E-state index contributed by atoms with van der Waals surface area (Å²) in [6.45, 7) is 8.64. The van der Waals surface area contributed by atoms with Gasteiger partial charge >= 0.3 is 0 Å². The molecule has 0 fully saturated rings. The Hall–Kier alpha value is -0.980. The van der Waals surface area contributed by atoms with E-state index in [1.54, 1.807) is 19.9 Å². The summed E-state index contributed by atoms with van der Waals surface area (Å²) in [4.78, 5) is -0.246. The lowest BCUT2D eigenvalue weighted by Crippen LogP contribution is -2.31. The first kappa shape index (κ1) is 17.1. The van der Waals surface area contributed by atoms with E-state index in [2.05, 4.69) is 5.32 Å². The molecular weight excluding hydrogens is 279 g/mol. The van der Waals surface area contributed by atoms with Gasteiger partial charge in [-0.25, -0.2) is 12.8 Å². The van der Waals surface area contributed by atoms with Crippen LogP contribution in [0.3, 0.4) is 0 Å².